The third-order valence-electron chi connectivity index (χ3n) is 2.34. The second-order valence-corrected chi connectivity index (χ2v) is 4.50. The highest BCUT2D eigenvalue weighted by Gasteiger charge is 2.10. The van der Waals surface area contributed by atoms with Gasteiger partial charge in [0.2, 0.25) is 0 Å². The summed E-state index contributed by atoms with van der Waals surface area (Å²) in [5.74, 6) is 0.919. The Labute approximate surface area is 108 Å². The molecule has 2 rings (SSSR count). The molecule has 0 saturated carbocycles. The standard InChI is InChI=1S/C13H12BrNO2/c1-2-11-7-8-12(17-11)13(16)15-10-5-3-9(14)4-6-10/h3-8H,2H2,1H3,(H,15,16). The van der Waals surface area contributed by atoms with Crippen molar-refractivity contribution in [3.05, 3.63) is 52.4 Å². The van der Waals surface area contributed by atoms with Crippen LogP contribution in [0.3, 0.4) is 0 Å². The number of amides is 1. The van der Waals surface area contributed by atoms with Gasteiger partial charge in [0.15, 0.2) is 5.76 Å². The average molecular weight is 294 g/mol. The number of anilines is 1. The molecule has 0 saturated heterocycles. The summed E-state index contributed by atoms with van der Waals surface area (Å²) in [7, 11) is 0. The van der Waals surface area contributed by atoms with E-state index < -0.39 is 0 Å². The molecule has 1 aromatic carbocycles. The van der Waals surface area contributed by atoms with E-state index in [0.717, 1.165) is 22.3 Å². The monoisotopic (exact) mass is 293 g/mol. The van der Waals surface area contributed by atoms with E-state index in [1.54, 1.807) is 6.07 Å². The van der Waals surface area contributed by atoms with Gasteiger partial charge in [-0.3, -0.25) is 4.79 Å². The Balaban J connectivity index is 2.08. The fraction of sp³-hybridized carbons (Fsp3) is 0.154. The fourth-order valence-electron chi connectivity index (χ4n) is 1.42. The van der Waals surface area contributed by atoms with Crippen LogP contribution in [0.15, 0.2) is 45.3 Å². The van der Waals surface area contributed by atoms with E-state index in [9.17, 15) is 4.79 Å². The van der Waals surface area contributed by atoms with Crippen LogP contribution in [0.25, 0.3) is 0 Å². The van der Waals surface area contributed by atoms with Gasteiger partial charge in [-0.1, -0.05) is 22.9 Å². The summed E-state index contributed by atoms with van der Waals surface area (Å²) in [6.07, 6.45) is 0.783. The Morgan fingerprint density at radius 3 is 2.53 bits per heavy atom. The zero-order valence-corrected chi connectivity index (χ0v) is 11.0. The Kier molecular flexibility index (Phi) is 3.64. The molecular weight excluding hydrogens is 282 g/mol. The van der Waals surface area contributed by atoms with Crippen molar-refractivity contribution >= 4 is 27.5 Å². The lowest BCUT2D eigenvalue weighted by Gasteiger charge is -2.02. The topological polar surface area (TPSA) is 42.2 Å². The molecule has 0 aliphatic carbocycles. The molecule has 0 bridgehead atoms. The maximum Gasteiger partial charge on any atom is 0.291 e. The number of carbonyl (C=O) groups excluding carboxylic acids is 1. The third-order valence-corrected chi connectivity index (χ3v) is 2.86. The first-order valence-corrected chi connectivity index (χ1v) is 6.14. The molecule has 1 N–H and O–H groups in total. The molecule has 0 aliphatic heterocycles. The van der Waals surface area contributed by atoms with Crippen molar-refractivity contribution in [2.75, 3.05) is 5.32 Å². The predicted octanol–water partition coefficient (Wildman–Crippen LogP) is 3.86. The number of rotatable bonds is 3. The SMILES string of the molecule is CCc1ccc(C(=O)Nc2ccc(Br)cc2)o1. The molecule has 0 unspecified atom stereocenters. The second kappa shape index (κ2) is 5.19. The molecule has 0 fully saturated rings. The van der Waals surface area contributed by atoms with Gasteiger partial charge in [0.1, 0.15) is 5.76 Å². The Morgan fingerprint density at radius 1 is 1.24 bits per heavy atom. The van der Waals surface area contributed by atoms with Crippen molar-refractivity contribution in [3.8, 4) is 0 Å². The number of halogens is 1. The molecule has 0 aliphatic rings. The highest BCUT2D eigenvalue weighted by Crippen LogP contribution is 2.16. The Morgan fingerprint density at radius 2 is 1.94 bits per heavy atom. The van der Waals surface area contributed by atoms with E-state index in [1.165, 1.54) is 0 Å². The van der Waals surface area contributed by atoms with E-state index >= 15 is 0 Å². The van der Waals surface area contributed by atoms with Crippen molar-refractivity contribution < 1.29 is 9.21 Å². The number of aryl methyl sites for hydroxylation is 1. The zero-order valence-electron chi connectivity index (χ0n) is 9.37. The fourth-order valence-corrected chi connectivity index (χ4v) is 1.68. The van der Waals surface area contributed by atoms with E-state index in [2.05, 4.69) is 21.2 Å². The van der Waals surface area contributed by atoms with Crippen molar-refractivity contribution in [1.82, 2.24) is 0 Å². The van der Waals surface area contributed by atoms with Gasteiger partial charge in [-0.25, -0.2) is 0 Å². The molecule has 1 heterocycles. The molecule has 0 atom stereocenters. The van der Waals surface area contributed by atoms with Crippen LogP contribution < -0.4 is 5.32 Å². The quantitative estimate of drug-likeness (QED) is 0.934. The van der Waals surface area contributed by atoms with Crippen molar-refractivity contribution in [1.29, 1.82) is 0 Å². The smallest absolute Gasteiger partial charge is 0.291 e. The van der Waals surface area contributed by atoms with E-state index in [4.69, 9.17) is 4.42 Å². The van der Waals surface area contributed by atoms with Gasteiger partial charge in [0, 0.05) is 16.6 Å². The van der Waals surface area contributed by atoms with Gasteiger partial charge in [-0.05, 0) is 36.4 Å². The summed E-state index contributed by atoms with van der Waals surface area (Å²) < 4.78 is 6.34. The van der Waals surface area contributed by atoms with Gasteiger partial charge in [0.05, 0.1) is 0 Å². The molecule has 1 aromatic heterocycles. The highest BCUT2D eigenvalue weighted by molar-refractivity contribution is 9.10. The molecule has 0 spiro atoms. The molecule has 2 aromatic rings. The number of hydrogen-bond acceptors (Lipinski definition) is 2. The van der Waals surface area contributed by atoms with Crippen LogP contribution in [-0.2, 0) is 6.42 Å². The van der Waals surface area contributed by atoms with Gasteiger partial charge >= 0.3 is 0 Å². The lowest BCUT2D eigenvalue weighted by molar-refractivity contribution is 0.0995. The normalized spacial score (nSPS) is 10.2. The van der Waals surface area contributed by atoms with Gasteiger partial charge < -0.3 is 9.73 Å². The predicted molar refractivity (Wildman–Crippen MR) is 70.2 cm³/mol. The molecule has 3 nitrogen and oxygen atoms in total. The Hall–Kier alpha value is -1.55. The molecule has 1 amide bonds. The number of nitrogens with one attached hydrogen (secondary N) is 1. The number of benzene rings is 1. The van der Waals surface area contributed by atoms with Crippen molar-refractivity contribution in [3.63, 3.8) is 0 Å². The van der Waals surface area contributed by atoms with Gasteiger partial charge in [0.25, 0.3) is 5.91 Å². The maximum atomic E-state index is 11.8. The molecular formula is C13H12BrNO2. The summed E-state index contributed by atoms with van der Waals surface area (Å²) in [6, 6.07) is 10.9. The first-order chi connectivity index (χ1) is 8.19. The summed E-state index contributed by atoms with van der Waals surface area (Å²) >= 11 is 3.34. The van der Waals surface area contributed by atoms with Crippen LogP contribution in [-0.4, -0.2) is 5.91 Å². The minimum absolute atomic E-state index is 0.230. The summed E-state index contributed by atoms with van der Waals surface area (Å²) in [4.78, 5) is 11.8. The molecule has 0 radical (unpaired) electrons. The first kappa shape index (κ1) is 11.9. The van der Waals surface area contributed by atoms with E-state index in [-0.39, 0.29) is 5.91 Å². The molecule has 88 valence electrons. The summed E-state index contributed by atoms with van der Waals surface area (Å²) in [5.41, 5.74) is 0.743. The van der Waals surface area contributed by atoms with Crippen LogP contribution in [0.1, 0.15) is 23.2 Å². The minimum atomic E-state index is -0.230. The maximum absolute atomic E-state index is 11.8. The average Bonchev–Trinajstić information content (AvgIpc) is 2.81. The van der Waals surface area contributed by atoms with Crippen molar-refractivity contribution in [2.45, 2.75) is 13.3 Å². The minimum Gasteiger partial charge on any atom is -0.456 e. The third kappa shape index (κ3) is 2.97. The van der Waals surface area contributed by atoms with Crippen molar-refractivity contribution in [2.24, 2.45) is 0 Å². The molecule has 4 heteroatoms. The van der Waals surface area contributed by atoms with Gasteiger partial charge in [-0.15, -0.1) is 0 Å². The lowest BCUT2D eigenvalue weighted by Crippen LogP contribution is -2.10. The number of carbonyl (C=O) groups is 1. The van der Waals surface area contributed by atoms with E-state index in [0.29, 0.717) is 5.76 Å². The summed E-state index contributed by atoms with van der Waals surface area (Å²) in [6.45, 7) is 1.98. The number of hydrogen-bond donors (Lipinski definition) is 1. The van der Waals surface area contributed by atoms with Crippen LogP contribution >= 0.6 is 15.9 Å². The highest BCUT2D eigenvalue weighted by atomic mass is 79.9. The van der Waals surface area contributed by atoms with Crippen LogP contribution in [0.5, 0.6) is 0 Å². The first-order valence-electron chi connectivity index (χ1n) is 5.34. The van der Waals surface area contributed by atoms with E-state index in [1.807, 2.05) is 37.3 Å². The molecule has 17 heavy (non-hydrogen) atoms. The van der Waals surface area contributed by atoms with Crippen LogP contribution in [0.4, 0.5) is 5.69 Å². The van der Waals surface area contributed by atoms with Crippen LogP contribution in [0.2, 0.25) is 0 Å². The largest absolute Gasteiger partial charge is 0.456 e. The second-order valence-electron chi connectivity index (χ2n) is 3.58. The summed E-state index contributed by atoms with van der Waals surface area (Å²) in [5, 5.41) is 2.77. The lowest BCUT2D eigenvalue weighted by atomic mass is 10.3. The number of furan rings is 1. The van der Waals surface area contributed by atoms with Gasteiger partial charge in [-0.2, -0.15) is 0 Å². The Bertz CT molecular complexity index is 516. The van der Waals surface area contributed by atoms with Crippen LogP contribution in [0, 0.1) is 0 Å². The zero-order chi connectivity index (χ0) is 12.3.